The highest BCUT2D eigenvalue weighted by Gasteiger charge is 2.42. The predicted molar refractivity (Wildman–Crippen MR) is 143 cm³/mol. The van der Waals surface area contributed by atoms with Gasteiger partial charge in [0.1, 0.15) is 0 Å². The Bertz CT molecular complexity index is 1110. The number of aryl methyl sites for hydroxylation is 1. The lowest BCUT2D eigenvalue weighted by atomic mass is 9.88. The van der Waals surface area contributed by atoms with Crippen molar-refractivity contribution in [3.63, 3.8) is 0 Å². The lowest BCUT2D eigenvalue weighted by Crippen LogP contribution is -2.26. The maximum Gasteiger partial charge on any atom is 0.0449 e. The molecule has 2 aliphatic rings. The van der Waals surface area contributed by atoms with E-state index in [0.717, 1.165) is 0 Å². The quantitative estimate of drug-likeness (QED) is 0.334. The average Bonchev–Trinajstić information content (AvgIpc) is 3.43. The van der Waals surface area contributed by atoms with Crippen molar-refractivity contribution < 1.29 is 0 Å². The maximum atomic E-state index is 2.64. The molecule has 1 nitrogen and oxygen atoms in total. The molecule has 1 aliphatic carbocycles. The summed E-state index contributed by atoms with van der Waals surface area (Å²) >= 11 is 0. The second-order valence-corrected chi connectivity index (χ2v) is 10.0. The van der Waals surface area contributed by atoms with Gasteiger partial charge in [0, 0.05) is 23.3 Å². The molecule has 0 N–H and O–H groups in total. The molecule has 33 heavy (non-hydrogen) atoms. The highest BCUT2D eigenvalue weighted by atomic mass is 15.2. The number of benzene rings is 3. The van der Waals surface area contributed by atoms with Crippen molar-refractivity contribution in [2.75, 3.05) is 4.90 Å². The summed E-state index contributed by atoms with van der Waals surface area (Å²) in [5.74, 6) is 1.40. The Morgan fingerprint density at radius 1 is 0.879 bits per heavy atom. The Balaban J connectivity index is 1.41. The molecule has 1 heteroatoms. The minimum absolute atomic E-state index is 0.621. The van der Waals surface area contributed by atoms with Gasteiger partial charge in [0.05, 0.1) is 0 Å². The van der Waals surface area contributed by atoms with E-state index in [4.69, 9.17) is 0 Å². The average molecular weight is 436 g/mol. The highest BCUT2D eigenvalue weighted by Crippen LogP contribution is 2.53. The van der Waals surface area contributed by atoms with Gasteiger partial charge in [-0.15, -0.1) is 0 Å². The Hall–Kier alpha value is -2.80. The Kier molecular flexibility index (Phi) is 6.40. The van der Waals surface area contributed by atoms with Crippen LogP contribution in [0.15, 0.2) is 66.7 Å². The van der Waals surface area contributed by atoms with Crippen LogP contribution in [0.2, 0.25) is 0 Å². The highest BCUT2D eigenvalue weighted by molar-refractivity contribution is 5.76. The minimum Gasteiger partial charge on any atom is -0.338 e. The molecular formula is C32H37N. The number of anilines is 2. The molecule has 0 radical (unpaired) electrons. The fourth-order valence-corrected chi connectivity index (χ4v) is 6.04. The summed E-state index contributed by atoms with van der Waals surface area (Å²) in [7, 11) is 0. The molecule has 0 amide bonds. The van der Waals surface area contributed by atoms with Crippen LogP contribution in [0.1, 0.15) is 92.0 Å². The summed E-state index contributed by atoms with van der Waals surface area (Å²) in [4.78, 5) is 2.64. The number of hydrogen-bond acceptors (Lipinski definition) is 1. The van der Waals surface area contributed by atoms with Gasteiger partial charge < -0.3 is 4.90 Å². The topological polar surface area (TPSA) is 3.24 Å². The van der Waals surface area contributed by atoms with Gasteiger partial charge in [0.15, 0.2) is 0 Å². The van der Waals surface area contributed by atoms with Crippen molar-refractivity contribution in [1.82, 2.24) is 0 Å². The van der Waals surface area contributed by atoms with Crippen LogP contribution in [-0.4, -0.2) is 6.04 Å². The van der Waals surface area contributed by atoms with Gasteiger partial charge in [0.2, 0.25) is 0 Å². The van der Waals surface area contributed by atoms with E-state index in [0.29, 0.717) is 17.9 Å². The fourth-order valence-electron chi connectivity index (χ4n) is 6.04. The van der Waals surface area contributed by atoms with Crippen molar-refractivity contribution >= 4 is 23.5 Å². The molecule has 3 aromatic carbocycles. The maximum absolute atomic E-state index is 2.64. The van der Waals surface area contributed by atoms with Gasteiger partial charge in [-0.2, -0.15) is 0 Å². The molecule has 0 saturated heterocycles. The first kappa shape index (κ1) is 22.0. The summed E-state index contributed by atoms with van der Waals surface area (Å²) in [6, 6.07) is 25.9. The number of hydrogen-bond donors (Lipinski definition) is 0. The molecule has 1 aliphatic heterocycles. The number of nitrogens with zero attached hydrogens (tertiary/aromatic N) is 1. The summed E-state index contributed by atoms with van der Waals surface area (Å²) in [6.45, 7) is 6.78. The molecule has 1 saturated carbocycles. The molecule has 170 valence electrons. The number of fused-ring (bicyclic) bond motifs is 3. The van der Waals surface area contributed by atoms with E-state index in [1.54, 1.807) is 11.1 Å². The normalized spacial score (nSPS) is 20.3. The van der Waals surface area contributed by atoms with Crippen molar-refractivity contribution in [3.05, 3.63) is 94.5 Å². The lowest BCUT2D eigenvalue weighted by molar-refractivity contribution is 0.594. The third-order valence-electron chi connectivity index (χ3n) is 7.84. The summed E-state index contributed by atoms with van der Waals surface area (Å²) in [6.07, 6.45) is 12.2. The summed E-state index contributed by atoms with van der Waals surface area (Å²) < 4.78 is 0. The van der Waals surface area contributed by atoms with E-state index in [9.17, 15) is 0 Å². The Labute approximate surface area is 200 Å². The van der Waals surface area contributed by atoms with Crippen molar-refractivity contribution in [2.45, 2.75) is 77.2 Å². The Morgan fingerprint density at radius 2 is 1.58 bits per heavy atom. The van der Waals surface area contributed by atoms with E-state index in [1.165, 1.54) is 66.6 Å². The van der Waals surface area contributed by atoms with Gasteiger partial charge in [-0.05, 0) is 79.0 Å². The van der Waals surface area contributed by atoms with Crippen molar-refractivity contribution in [1.29, 1.82) is 0 Å². The van der Waals surface area contributed by atoms with Gasteiger partial charge in [-0.25, -0.2) is 0 Å². The van der Waals surface area contributed by atoms with Gasteiger partial charge >= 0.3 is 0 Å². The standard InChI is InChI=1S/C32H37N/c1-4-7-26(5-2)27-18-21-32-30(22-27)29-8-6-9-31(29)33(32)28-19-16-25(17-20-28)15-14-24-12-10-23(3)11-13-24/h10-22,26,29,31H,4-9H2,1-3H3/b15-14+. The second kappa shape index (κ2) is 9.59. The van der Waals surface area contributed by atoms with Gasteiger partial charge in [0.25, 0.3) is 0 Å². The first-order valence-electron chi connectivity index (χ1n) is 13.0. The predicted octanol–water partition coefficient (Wildman–Crippen LogP) is 9.25. The van der Waals surface area contributed by atoms with Gasteiger partial charge in [-0.3, -0.25) is 0 Å². The third kappa shape index (κ3) is 4.38. The zero-order valence-corrected chi connectivity index (χ0v) is 20.4. The van der Waals surface area contributed by atoms with E-state index >= 15 is 0 Å². The molecule has 3 unspecified atom stereocenters. The van der Waals surface area contributed by atoms with Crippen LogP contribution < -0.4 is 4.90 Å². The van der Waals surface area contributed by atoms with Gasteiger partial charge in [-0.1, -0.05) is 92.9 Å². The Morgan fingerprint density at radius 3 is 2.24 bits per heavy atom. The van der Waals surface area contributed by atoms with E-state index < -0.39 is 0 Å². The third-order valence-corrected chi connectivity index (χ3v) is 7.84. The molecule has 5 rings (SSSR count). The molecule has 1 fully saturated rings. The van der Waals surface area contributed by atoms with Crippen LogP contribution in [-0.2, 0) is 0 Å². The smallest absolute Gasteiger partial charge is 0.0449 e. The summed E-state index contributed by atoms with van der Waals surface area (Å²) in [5, 5.41) is 0. The monoisotopic (exact) mass is 435 g/mol. The van der Waals surface area contributed by atoms with Crippen LogP contribution in [0.4, 0.5) is 11.4 Å². The largest absolute Gasteiger partial charge is 0.338 e. The van der Waals surface area contributed by atoms with Crippen LogP contribution in [0.25, 0.3) is 12.2 Å². The molecule has 0 aromatic heterocycles. The van der Waals surface area contributed by atoms with Crippen LogP contribution in [0.5, 0.6) is 0 Å². The zero-order chi connectivity index (χ0) is 22.8. The van der Waals surface area contributed by atoms with Crippen molar-refractivity contribution in [2.24, 2.45) is 0 Å². The first-order chi connectivity index (χ1) is 16.2. The second-order valence-electron chi connectivity index (χ2n) is 10.0. The fraction of sp³-hybridized carbons (Fsp3) is 0.375. The van der Waals surface area contributed by atoms with Crippen LogP contribution >= 0.6 is 0 Å². The molecule has 3 atom stereocenters. The van der Waals surface area contributed by atoms with E-state index in [-0.39, 0.29) is 0 Å². The van der Waals surface area contributed by atoms with Crippen molar-refractivity contribution in [3.8, 4) is 0 Å². The lowest BCUT2D eigenvalue weighted by Gasteiger charge is -2.27. The molecule has 0 spiro atoms. The first-order valence-corrected chi connectivity index (χ1v) is 13.0. The molecule has 1 heterocycles. The van der Waals surface area contributed by atoms with Crippen LogP contribution in [0.3, 0.4) is 0 Å². The molecule has 0 bridgehead atoms. The SMILES string of the molecule is CCCC(CC)c1ccc2c(c1)C1CCCC1N2c1ccc(/C=C/c2ccc(C)cc2)cc1. The summed E-state index contributed by atoms with van der Waals surface area (Å²) in [5.41, 5.74) is 9.75. The van der Waals surface area contributed by atoms with E-state index in [2.05, 4.69) is 105 Å². The molecular weight excluding hydrogens is 398 g/mol. The minimum atomic E-state index is 0.621. The van der Waals surface area contributed by atoms with Crippen LogP contribution in [0, 0.1) is 6.92 Å². The van der Waals surface area contributed by atoms with E-state index in [1.807, 2.05) is 0 Å². The molecule has 3 aromatic rings. The number of rotatable bonds is 7. The zero-order valence-electron chi connectivity index (χ0n) is 20.4.